The normalized spacial score (nSPS) is 11.4. The molecular formula is C28H32LiNO4S. The summed E-state index contributed by atoms with van der Waals surface area (Å²) in [4.78, 5) is 24.8. The molecule has 0 aliphatic heterocycles. The Morgan fingerprint density at radius 3 is 2.34 bits per heavy atom. The van der Waals surface area contributed by atoms with Crippen LogP contribution in [0.4, 0.5) is 0 Å². The van der Waals surface area contributed by atoms with Gasteiger partial charge in [0.15, 0.2) is 0 Å². The Hall–Kier alpha value is -2.49. The summed E-state index contributed by atoms with van der Waals surface area (Å²) < 4.78 is 5.94. The minimum absolute atomic E-state index is 0. The summed E-state index contributed by atoms with van der Waals surface area (Å²) in [6.07, 6.45) is 2.28. The molecule has 1 amide bonds. The molecule has 0 saturated heterocycles. The van der Waals surface area contributed by atoms with E-state index in [1.807, 2.05) is 61.7 Å². The van der Waals surface area contributed by atoms with Gasteiger partial charge in [-0.2, -0.15) is 11.8 Å². The Labute approximate surface area is 225 Å². The van der Waals surface area contributed by atoms with Crippen molar-refractivity contribution in [2.24, 2.45) is 0 Å². The van der Waals surface area contributed by atoms with Gasteiger partial charge in [-0.3, -0.25) is 4.79 Å². The molecule has 0 heterocycles. The van der Waals surface area contributed by atoms with Gasteiger partial charge in [-0.05, 0) is 72.2 Å². The number of carboxylic acids is 1. The van der Waals surface area contributed by atoms with Gasteiger partial charge in [0.1, 0.15) is 6.04 Å². The van der Waals surface area contributed by atoms with E-state index in [1.54, 1.807) is 17.8 Å². The molecule has 0 aliphatic carbocycles. The molecule has 1 atom stereocenters. The molecule has 0 radical (unpaired) electrons. The van der Waals surface area contributed by atoms with Crippen molar-refractivity contribution in [1.82, 2.24) is 5.32 Å². The number of aliphatic carboxylic acids is 1. The van der Waals surface area contributed by atoms with Gasteiger partial charge in [0, 0.05) is 5.56 Å². The van der Waals surface area contributed by atoms with Gasteiger partial charge in [-0.25, -0.2) is 4.79 Å². The molecule has 0 spiro atoms. The van der Waals surface area contributed by atoms with Crippen LogP contribution in [0.1, 0.15) is 40.5 Å². The number of thioether (sulfide) groups is 1. The van der Waals surface area contributed by atoms with Gasteiger partial charge in [0.2, 0.25) is 0 Å². The molecule has 0 fully saturated rings. The molecule has 0 unspecified atom stereocenters. The van der Waals surface area contributed by atoms with Gasteiger partial charge in [-0.1, -0.05) is 60.2 Å². The number of amides is 1. The smallest absolute Gasteiger partial charge is 1.00 e. The first kappa shape index (κ1) is 28.7. The fourth-order valence-electron chi connectivity index (χ4n) is 3.79. The Bertz CT molecular complexity index is 1160. The second kappa shape index (κ2) is 14.2. The number of hydrogen-bond acceptors (Lipinski definition) is 4. The average Bonchev–Trinajstić information content (AvgIpc) is 2.82. The van der Waals surface area contributed by atoms with Crippen molar-refractivity contribution in [3.63, 3.8) is 0 Å². The van der Waals surface area contributed by atoms with Crippen LogP contribution < -0.4 is 24.2 Å². The fraction of sp³-hybridized carbons (Fsp3) is 0.286. The first-order chi connectivity index (χ1) is 16.4. The van der Waals surface area contributed by atoms with Gasteiger partial charge >= 0.3 is 24.8 Å². The summed E-state index contributed by atoms with van der Waals surface area (Å²) >= 11 is 1.55. The Kier molecular flexibility index (Phi) is 11.6. The summed E-state index contributed by atoms with van der Waals surface area (Å²) in [6.45, 7) is 4.95. The summed E-state index contributed by atoms with van der Waals surface area (Å²) in [5, 5.41) is 12.2. The maximum absolute atomic E-state index is 13.2. The molecule has 5 nitrogen and oxygen atoms in total. The van der Waals surface area contributed by atoms with Crippen molar-refractivity contribution in [2.75, 3.05) is 12.0 Å². The van der Waals surface area contributed by atoms with Gasteiger partial charge < -0.3 is 16.6 Å². The second-order valence-electron chi connectivity index (χ2n) is 8.32. The van der Waals surface area contributed by atoms with Gasteiger partial charge in [0.25, 0.3) is 5.91 Å². The van der Waals surface area contributed by atoms with Crippen LogP contribution in [0.15, 0.2) is 66.7 Å². The van der Waals surface area contributed by atoms with Crippen LogP contribution in [0.2, 0.25) is 0 Å². The predicted molar refractivity (Wildman–Crippen MR) is 139 cm³/mol. The third-order valence-electron chi connectivity index (χ3n) is 5.60. The number of carbonyl (C=O) groups excluding carboxylic acids is 1. The standard InChI is InChI=1S/C28H31NO4S.Li.H/c1-19-7-6-9-21(15-19)17-33-18-22-11-12-24(25(16-22)23-10-5-4-8-20(23)2)27(30)29-26(28(31)32)13-14-34-3;;/h4-12,15-16,26H,13-14,17-18H2,1-3H3,(H,29,30)(H,31,32);;/q;+1;-1/t26-;;/m0../s1. The predicted octanol–water partition coefficient (Wildman–Crippen LogP) is 2.74. The van der Waals surface area contributed by atoms with Crippen LogP contribution in [-0.2, 0) is 22.7 Å². The van der Waals surface area contributed by atoms with Crippen LogP contribution in [-0.4, -0.2) is 35.0 Å². The molecule has 0 aromatic heterocycles. The SMILES string of the molecule is CSCC[C@H](NC(=O)c1ccc(COCc2cccc(C)c2)cc1-c1ccccc1C)C(=O)O.[H-].[Li+]. The van der Waals surface area contributed by atoms with Crippen molar-refractivity contribution in [1.29, 1.82) is 0 Å². The Balaban J connectivity index is 0.00000324. The van der Waals surface area contributed by atoms with E-state index in [0.717, 1.165) is 27.8 Å². The number of carboxylic acid groups (broad SMARTS) is 1. The second-order valence-corrected chi connectivity index (χ2v) is 9.31. The van der Waals surface area contributed by atoms with Gasteiger partial charge in [-0.15, -0.1) is 0 Å². The number of benzene rings is 3. The molecule has 3 aromatic rings. The van der Waals surface area contributed by atoms with E-state index >= 15 is 0 Å². The monoisotopic (exact) mass is 485 g/mol. The summed E-state index contributed by atoms with van der Waals surface area (Å²) in [6, 6.07) is 20.7. The summed E-state index contributed by atoms with van der Waals surface area (Å²) in [5.41, 5.74) is 6.43. The summed E-state index contributed by atoms with van der Waals surface area (Å²) in [7, 11) is 0. The molecule has 2 N–H and O–H groups in total. The molecule has 0 bridgehead atoms. The molecule has 7 heteroatoms. The first-order valence-electron chi connectivity index (χ1n) is 11.2. The molecular weight excluding hydrogens is 453 g/mol. The minimum Gasteiger partial charge on any atom is -1.00 e. The Morgan fingerprint density at radius 1 is 0.971 bits per heavy atom. The van der Waals surface area contributed by atoms with E-state index in [4.69, 9.17) is 4.74 Å². The van der Waals surface area contributed by atoms with Crippen LogP contribution in [0.25, 0.3) is 11.1 Å². The van der Waals surface area contributed by atoms with E-state index in [1.165, 1.54) is 5.56 Å². The molecule has 35 heavy (non-hydrogen) atoms. The zero-order valence-electron chi connectivity index (χ0n) is 21.8. The number of ether oxygens (including phenoxy) is 1. The van der Waals surface area contributed by atoms with Crippen LogP contribution >= 0.6 is 11.8 Å². The minimum atomic E-state index is -1.03. The van der Waals surface area contributed by atoms with E-state index in [-0.39, 0.29) is 26.2 Å². The molecule has 0 aliphatic rings. The van der Waals surface area contributed by atoms with Crippen LogP contribution in [0, 0.1) is 13.8 Å². The zero-order chi connectivity index (χ0) is 24.5. The molecule has 3 aromatic carbocycles. The molecule has 3 rings (SSSR count). The van der Waals surface area contributed by atoms with Crippen molar-refractivity contribution in [2.45, 2.75) is 39.5 Å². The van der Waals surface area contributed by atoms with E-state index in [9.17, 15) is 14.7 Å². The van der Waals surface area contributed by atoms with Crippen LogP contribution in [0.3, 0.4) is 0 Å². The van der Waals surface area contributed by atoms with Crippen LogP contribution in [0.5, 0.6) is 0 Å². The van der Waals surface area contributed by atoms with Crippen molar-refractivity contribution in [3.8, 4) is 11.1 Å². The average molecular weight is 486 g/mol. The van der Waals surface area contributed by atoms with E-state index in [2.05, 4.69) is 24.4 Å². The van der Waals surface area contributed by atoms with E-state index in [0.29, 0.717) is 31.0 Å². The maximum Gasteiger partial charge on any atom is 1.00 e. The first-order valence-corrected chi connectivity index (χ1v) is 12.6. The zero-order valence-corrected chi connectivity index (χ0v) is 21.7. The summed E-state index contributed by atoms with van der Waals surface area (Å²) in [5.74, 6) is -0.765. The fourth-order valence-corrected chi connectivity index (χ4v) is 4.27. The molecule has 180 valence electrons. The number of carbonyl (C=O) groups is 2. The number of rotatable bonds is 11. The number of aryl methyl sites for hydroxylation is 2. The largest absolute Gasteiger partial charge is 1.00 e. The number of nitrogens with one attached hydrogen (secondary N) is 1. The van der Waals surface area contributed by atoms with Gasteiger partial charge in [0.05, 0.1) is 13.2 Å². The maximum atomic E-state index is 13.2. The van der Waals surface area contributed by atoms with Crippen molar-refractivity contribution >= 4 is 23.6 Å². The quantitative estimate of drug-likeness (QED) is 0.409. The third-order valence-corrected chi connectivity index (χ3v) is 6.24. The third kappa shape index (κ3) is 8.30. The Morgan fingerprint density at radius 2 is 1.69 bits per heavy atom. The van der Waals surface area contributed by atoms with Crippen molar-refractivity contribution in [3.05, 3.63) is 94.5 Å². The van der Waals surface area contributed by atoms with Crippen molar-refractivity contribution < 1.29 is 39.7 Å². The topological polar surface area (TPSA) is 75.6 Å². The molecule has 0 saturated carbocycles. The number of hydrogen-bond donors (Lipinski definition) is 2. The van der Waals surface area contributed by atoms with E-state index < -0.39 is 12.0 Å².